The second-order valence-corrected chi connectivity index (χ2v) is 23.4. The van der Waals surface area contributed by atoms with Crippen LogP contribution in [0.3, 0.4) is 0 Å². The lowest BCUT2D eigenvalue weighted by Gasteiger charge is -2.72. The summed E-state index contributed by atoms with van der Waals surface area (Å²) in [6.45, 7) is 23.6. The van der Waals surface area contributed by atoms with Gasteiger partial charge in [-0.2, -0.15) is 0 Å². The normalized spacial score (nSPS) is 42.6. The molecular formula is C49H78N4O5. The summed E-state index contributed by atoms with van der Waals surface area (Å²) in [5.74, 6) is 2.14. The number of likely N-dealkylation sites (tertiary alicyclic amines) is 1. The molecule has 9 nitrogen and oxygen atoms in total. The fourth-order valence-corrected chi connectivity index (χ4v) is 16.1. The van der Waals surface area contributed by atoms with E-state index in [2.05, 4.69) is 83.1 Å². The number of esters is 1. The highest BCUT2D eigenvalue weighted by atomic mass is 16.5. The molecule has 1 N–H and O–H groups in total. The number of carboxylic acid groups (broad SMARTS) is 1. The number of amides is 1. The minimum absolute atomic E-state index is 0.0641. The van der Waals surface area contributed by atoms with Gasteiger partial charge >= 0.3 is 11.9 Å². The Labute approximate surface area is 350 Å². The van der Waals surface area contributed by atoms with Crippen LogP contribution in [0.4, 0.5) is 0 Å². The van der Waals surface area contributed by atoms with Crippen LogP contribution < -0.4 is 0 Å². The third kappa shape index (κ3) is 6.04. The molecule has 2 unspecified atom stereocenters. The van der Waals surface area contributed by atoms with E-state index < -0.39 is 17.3 Å². The van der Waals surface area contributed by atoms with Crippen LogP contribution in [0.1, 0.15) is 176 Å². The van der Waals surface area contributed by atoms with Crippen molar-refractivity contribution >= 4 is 17.8 Å². The molecule has 6 aliphatic carbocycles. The van der Waals surface area contributed by atoms with Crippen LogP contribution in [0.25, 0.3) is 0 Å². The summed E-state index contributed by atoms with van der Waals surface area (Å²) in [7, 11) is 4.26. The van der Waals surface area contributed by atoms with Crippen molar-refractivity contribution in [2.75, 3.05) is 27.2 Å². The molecule has 324 valence electrons. The lowest BCUT2D eigenvalue weighted by atomic mass is 9.32. The van der Waals surface area contributed by atoms with Crippen LogP contribution in [-0.2, 0) is 25.7 Å². The molecule has 1 amide bonds. The number of rotatable bonds is 9. The SMILES string of the molecule is CC(C)c1cn(CCN(C)C)c([C@@H]2CCCN2C(=O)[C@]23CCC[C@@H]2[C@H]2CCC4[C@@]5(C)CC[C@H](OC(=O)[C@H]6C[C@@H](C(=O)O)C6(C)C)C(C)(C)C5CC[C@@]4(C)[C@]2(C)CC3)n1. The molecule has 0 aromatic carbocycles. The molecule has 1 saturated heterocycles. The largest absolute Gasteiger partial charge is 0.481 e. The average Bonchev–Trinajstić information content (AvgIpc) is 3.90. The van der Waals surface area contributed by atoms with Crippen molar-refractivity contribution in [3.63, 3.8) is 0 Å². The molecule has 0 spiro atoms. The number of carbonyl (C=O) groups is 3. The van der Waals surface area contributed by atoms with Crippen molar-refractivity contribution < 1.29 is 24.2 Å². The molecular weight excluding hydrogens is 725 g/mol. The van der Waals surface area contributed by atoms with E-state index in [1.54, 1.807) is 0 Å². The molecule has 1 aliphatic heterocycles. The van der Waals surface area contributed by atoms with E-state index in [4.69, 9.17) is 9.72 Å². The first-order valence-corrected chi connectivity index (χ1v) is 23.6. The number of carbonyl (C=O) groups excluding carboxylic acids is 2. The van der Waals surface area contributed by atoms with E-state index in [0.717, 1.165) is 82.5 Å². The molecule has 7 aliphatic rings. The van der Waals surface area contributed by atoms with Gasteiger partial charge < -0.3 is 24.2 Å². The topological polar surface area (TPSA) is 105 Å². The van der Waals surface area contributed by atoms with Crippen molar-refractivity contribution in [1.82, 2.24) is 19.4 Å². The first-order chi connectivity index (χ1) is 27.1. The highest BCUT2D eigenvalue weighted by Crippen LogP contribution is 2.77. The third-order valence-corrected chi connectivity index (χ3v) is 19.9. The van der Waals surface area contributed by atoms with Gasteiger partial charge in [-0.1, -0.05) is 68.7 Å². The quantitative estimate of drug-likeness (QED) is 0.248. The van der Waals surface area contributed by atoms with Crippen molar-refractivity contribution in [2.45, 2.75) is 177 Å². The van der Waals surface area contributed by atoms with Crippen LogP contribution in [0.5, 0.6) is 0 Å². The van der Waals surface area contributed by atoms with Crippen LogP contribution in [0, 0.1) is 68.0 Å². The van der Waals surface area contributed by atoms with E-state index >= 15 is 4.79 Å². The number of aromatic nitrogens is 2. The van der Waals surface area contributed by atoms with E-state index in [-0.39, 0.29) is 51.1 Å². The highest BCUT2D eigenvalue weighted by Gasteiger charge is 2.71. The Bertz CT molecular complexity index is 1780. The molecule has 1 aromatic heterocycles. The zero-order chi connectivity index (χ0) is 42.0. The van der Waals surface area contributed by atoms with Gasteiger partial charge in [-0.3, -0.25) is 14.4 Å². The molecule has 0 radical (unpaired) electrons. The molecule has 8 rings (SSSR count). The molecule has 1 aromatic rings. The third-order valence-electron chi connectivity index (χ3n) is 19.9. The zero-order valence-electron chi connectivity index (χ0n) is 38.2. The van der Waals surface area contributed by atoms with E-state index in [1.807, 2.05) is 13.8 Å². The fraction of sp³-hybridized carbons (Fsp3) is 0.878. The average molecular weight is 803 g/mol. The van der Waals surface area contributed by atoms with Crippen molar-refractivity contribution in [1.29, 1.82) is 0 Å². The molecule has 7 fully saturated rings. The summed E-state index contributed by atoms with van der Waals surface area (Å²) < 4.78 is 8.83. The number of carboxylic acids is 1. The minimum Gasteiger partial charge on any atom is -0.481 e. The predicted octanol–water partition coefficient (Wildman–Crippen LogP) is 9.75. The first-order valence-electron chi connectivity index (χ1n) is 23.6. The fourth-order valence-electron chi connectivity index (χ4n) is 16.1. The Balaban J connectivity index is 1.01. The van der Waals surface area contributed by atoms with Gasteiger partial charge in [0.15, 0.2) is 0 Å². The number of hydrogen-bond donors (Lipinski definition) is 1. The zero-order valence-corrected chi connectivity index (χ0v) is 38.2. The summed E-state index contributed by atoms with van der Waals surface area (Å²) >= 11 is 0. The molecule has 2 heterocycles. The van der Waals surface area contributed by atoms with E-state index in [9.17, 15) is 14.7 Å². The molecule has 58 heavy (non-hydrogen) atoms. The van der Waals surface area contributed by atoms with Gasteiger partial charge in [0.2, 0.25) is 5.91 Å². The standard InChI is InChI=1S/C49H78N4O5/c1-30(2)35-29-52(27-26-51(10)11)40(50-35)36-15-13-25-53(36)43(57)49-20-12-14-32(49)31-16-17-38-46(7)21-19-39(58-42(56)34-28-33(41(54)55)44(34,3)4)45(5,6)37(46)18-22-48(38,9)47(31,8)23-24-49/h29-34,36-39H,12-28H2,1-11H3,(H,54,55)/t31-,32-,33+,34-,36+,37?,38?,39+,46+,47-,48-,49+/m1/s1. The maximum Gasteiger partial charge on any atom is 0.309 e. The number of ether oxygens (including phenoxy) is 1. The van der Waals surface area contributed by atoms with Gasteiger partial charge in [-0.15, -0.1) is 0 Å². The second kappa shape index (κ2) is 14.3. The molecule has 12 atom stereocenters. The van der Waals surface area contributed by atoms with Gasteiger partial charge in [0.1, 0.15) is 11.9 Å². The van der Waals surface area contributed by atoms with Gasteiger partial charge in [0.05, 0.1) is 29.0 Å². The lowest BCUT2D eigenvalue weighted by molar-refractivity contribution is -0.250. The maximum atomic E-state index is 15.4. The highest BCUT2D eigenvalue weighted by molar-refractivity contribution is 5.84. The Hall–Kier alpha value is -2.42. The number of hydrogen-bond acceptors (Lipinski definition) is 6. The van der Waals surface area contributed by atoms with Gasteiger partial charge in [0, 0.05) is 31.2 Å². The number of likely N-dealkylation sites (N-methyl/N-ethyl adjacent to an activating group) is 1. The van der Waals surface area contributed by atoms with Crippen LogP contribution in [-0.4, -0.2) is 75.6 Å². The maximum absolute atomic E-state index is 15.4. The lowest BCUT2D eigenvalue weighted by Crippen LogP contribution is -2.67. The Morgan fingerprint density at radius 1 is 0.828 bits per heavy atom. The van der Waals surface area contributed by atoms with Gasteiger partial charge in [-0.05, 0) is 149 Å². The molecule has 9 heteroatoms. The van der Waals surface area contributed by atoms with Gasteiger partial charge in [-0.25, -0.2) is 4.98 Å². The predicted molar refractivity (Wildman–Crippen MR) is 227 cm³/mol. The van der Waals surface area contributed by atoms with E-state index in [1.165, 1.54) is 32.1 Å². The van der Waals surface area contributed by atoms with Crippen LogP contribution >= 0.6 is 0 Å². The summed E-state index contributed by atoms with van der Waals surface area (Å²) in [5.41, 5.74) is 0.684. The number of aliphatic carboxylic acids is 1. The van der Waals surface area contributed by atoms with Crippen molar-refractivity contribution in [3.05, 3.63) is 17.7 Å². The van der Waals surface area contributed by atoms with E-state index in [0.29, 0.717) is 41.9 Å². The molecule has 0 bridgehead atoms. The van der Waals surface area contributed by atoms with Crippen LogP contribution in [0.2, 0.25) is 0 Å². The van der Waals surface area contributed by atoms with Crippen molar-refractivity contribution in [3.8, 4) is 0 Å². The minimum atomic E-state index is -0.810. The summed E-state index contributed by atoms with van der Waals surface area (Å²) in [4.78, 5) is 50.7. The Kier molecular flexibility index (Phi) is 10.4. The van der Waals surface area contributed by atoms with Gasteiger partial charge in [0.25, 0.3) is 0 Å². The number of nitrogens with zero attached hydrogens (tertiary/aromatic N) is 4. The monoisotopic (exact) mass is 803 g/mol. The summed E-state index contributed by atoms with van der Waals surface area (Å²) in [6, 6.07) is 0.0641. The smallest absolute Gasteiger partial charge is 0.309 e. The van der Waals surface area contributed by atoms with Crippen LogP contribution in [0.15, 0.2) is 6.20 Å². The Morgan fingerprint density at radius 2 is 1.57 bits per heavy atom. The summed E-state index contributed by atoms with van der Waals surface area (Å²) in [6.07, 6.45) is 16.8. The summed E-state index contributed by atoms with van der Waals surface area (Å²) in [5, 5.41) is 9.69. The number of imidazole rings is 1. The number of fused-ring (bicyclic) bond motifs is 7. The molecule has 6 saturated carbocycles. The van der Waals surface area contributed by atoms with Crippen molar-refractivity contribution in [2.24, 2.45) is 68.0 Å². The second-order valence-electron chi connectivity index (χ2n) is 23.4. The Morgan fingerprint density at radius 3 is 2.24 bits per heavy atom. The first kappa shape index (κ1) is 42.3.